The molecule has 9 nitrogen and oxygen atoms in total. The second kappa shape index (κ2) is 7.78. The quantitative estimate of drug-likeness (QED) is 0.562. The number of aliphatic hydroxyl groups is 1. The van der Waals surface area contributed by atoms with Crippen molar-refractivity contribution in [1.82, 2.24) is 14.5 Å². The highest BCUT2D eigenvalue weighted by Gasteiger charge is 2.42. The lowest BCUT2D eigenvalue weighted by Gasteiger charge is -2.13. The molecule has 0 aliphatic carbocycles. The number of methoxy groups -OCH3 is 1. The fourth-order valence-electron chi connectivity index (χ4n) is 3.75. The molecular formula is C22H20N4O5. The van der Waals surface area contributed by atoms with E-state index in [9.17, 15) is 20.0 Å². The number of hydrogen-bond donors (Lipinski definition) is 1. The standard InChI is InChI=1S/C22H20N4O5/c1-25-10-8-22(29,21(25)28)7-5-14-3-4-17-15(13-14)19-24-18(20(27)30-2)16(6-9-23)26(19)11-12-31-17/h3-4,13,29H,6,8,10-12H2,1-2H3. The first-order chi connectivity index (χ1) is 14.9. The summed E-state index contributed by atoms with van der Waals surface area (Å²) >= 11 is 0. The molecule has 1 fully saturated rings. The number of benzene rings is 1. The van der Waals surface area contributed by atoms with E-state index in [1.807, 2.05) is 0 Å². The third-order valence-corrected chi connectivity index (χ3v) is 5.41. The Morgan fingerprint density at radius 3 is 2.90 bits per heavy atom. The predicted octanol–water partition coefficient (Wildman–Crippen LogP) is 0.740. The molecule has 2 aliphatic heterocycles. The summed E-state index contributed by atoms with van der Waals surface area (Å²) in [4.78, 5) is 30.3. The van der Waals surface area contributed by atoms with Crippen LogP contribution in [-0.2, 0) is 22.5 Å². The zero-order chi connectivity index (χ0) is 22.2. The van der Waals surface area contributed by atoms with Gasteiger partial charge in [0, 0.05) is 25.6 Å². The summed E-state index contributed by atoms with van der Waals surface area (Å²) in [7, 11) is 2.89. The van der Waals surface area contributed by atoms with Gasteiger partial charge in [0.25, 0.3) is 5.91 Å². The Morgan fingerprint density at radius 1 is 1.42 bits per heavy atom. The molecule has 9 heteroatoms. The van der Waals surface area contributed by atoms with E-state index in [0.29, 0.717) is 48.1 Å². The maximum Gasteiger partial charge on any atom is 0.358 e. The van der Waals surface area contributed by atoms with Crippen molar-refractivity contribution in [3.8, 4) is 35.0 Å². The smallest absolute Gasteiger partial charge is 0.358 e. The van der Waals surface area contributed by atoms with E-state index in [2.05, 4.69) is 22.9 Å². The summed E-state index contributed by atoms with van der Waals surface area (Å²) < 4.78 is 12.4. The predicted molar refractivity (Wildman–Crippen MR) is 108 cm³/mol. The molecule has 158 valence electrons. The van der Waals surface area contributed by atoms with Gasteiger partial charge in [0.15, 0.2) is 5.69 Å². The highest BCUT2D eigenvalue weighted by Crippen LogP contribution is 2.34. The molecule has 3 heterocycles. The molecule has 4 rings (SSSR count). The molecular weight excluding hydrogens is 400 g/mol. The van der Waals surface area contributed by atoms with E-state index in [0.717, 1.165) is 0 Å². The number of fused-ring (bicyclic) bond motifs is 3. The number of likely N-dealkylation sites (N-methyl/N-ethyl adjacent to an activating group) is 1. The Balaban J connectivity index is 1.80. The van der Waals surface area contributed by atoms with E-state index < -0.39 is 17.5 Å². The molecule has 1 aromatic carbocycles. The van der Waals surface area contributed by atoms with Crippen LogP contribution >= 0.6 is 0 Å². The fraction of sp³-hybridized carbons (Fsp3) is 0.364. The van der Waals surface area contributed by atoms with Crippen LogP contribution in [0.1, 0.15) is 28.2 Å². The lowest BCUT2D eigenvalue weighted by molar-refractivity contribution is -0.137. The van der Waals surface area contributed by atoms with Gasteiger partial charge in [-0.2, -0.15) is 5.26 Å². The number of aromatic nitrogens is 2. The molecule has 0 saturated carbocycles. The van der Waals surface area contributed by atoms with E-state index in [1.165, 1.54) is 12.0 Å². The zero-order valence-corrected chi connectivity index (χ0v) is 17.1. The van der Waals surface area contributed by atoms with Gasteiger partial charge in [-0.15, -0.1) is 0 Å². The molecule has 31 heavy (non-hydrogen) atoms. The highest BCUT2D eigenvalue weighted by molar-refractivity contribution is 5.91. The molecule has 0 spiro atoms. The Bertz CT molecular complexity index is 1180. The molecule has 1 atom stereocenters. The van der Waals surface area contributed by atoms with Gasteiger partial charge in [-0.3, -0.25) is 4.79 Å². The summed E-state index contributed by atoms with van der Waals surface area (Å²) in [5.41, 5.74) is 0.00846. The van der Waals surface area contributed by atoms with Crippen LogP contribution in [0.5, 0.6) is 5.75 Å². The first-order valence-electron chi connectivity index (χ1n) is 9.71. The first kappa shape index (κ1) is 20.5. The third-order valence-electron chi connectivity index (χ3n) is 5.41. The summed E-state index contributed by atoms with van der Waals surface area (Å²) in [6.07, 6.45) is 0.239. The summed E-state index contributed by atoms with van der Waals surface area (Å²) in [5.74, 6) is 5.57. The number of amides is 1. The van der Waals surface area contributed by atoms with Crippen LogP contribution < -0.4 is 4.74 Å². The summed E-state index contributed by atoms with van der Waals surface area (Å²) in [6.45, 7) is 1.19. The Hall–Kier alpha value is -3.82. The molecule has 1 aromatic heterocycles. The molecule has 1 N–H and O–H groups in total. The van der Waals surface area contributed by atoms with Crippen molar-refractivity contribution in [2.75, 3.05) is 27.3 Å². The van der Waals surface area contributed by atoms with Crippen molar-refractivity contribution in [3.63, 3.8) is 0 Å². The minimum atomic E-state index is -1.70. The summed E-state index contributed by atoms with van der Waals surface area (Å²) in [5, 5.41) is 19.8. The molecule has 1 saturated heterocycles. The number of rotatable bonds is 2. The van der Waals surface area contributed by atoms with Crippen molar-refractivity contribution in [1.29, 1.82) is 5.26 Å². The minimum absolute atomic E-state index is 0.00504. The third kappa shape index (κ3) is 3.49. The molecule has 0 radical (unpaired) electrons. The number of carbonyl (C=O) groups excluding carboxylic acids is 2. The van der Waals surface area contributed by atoms with Gasteiger partial charge in [0.05, 0.1) is 37.4 Å². The van der Waals surface area contributed by atoms with Gasteiger partial charge >= 0.3 is 5.97 Å². The number of nitriles is 1. The zero-order valence-electron chi connectivity index (χ0n) is 17.1. The van der Waals surface area contributed by atoms with Crippen LogP contribution in [-0.4, -0.2) is 64.3 Å². The lowest BCUT2D eigenvalue weighted by atomic mass is 10.0. The normalized spacial score (nSPS) is 19.3. The second-order valence-corrected chi connectivity index (χ2v) is 7.36. The van der Waals surface area contributed by atoms with Crippen LogP contribution in [0.15, 0.2) is 18.2 Å². The SMILES string of the molecule is COC(=O)c1nc2n(c1CC#N)CCOc1ccc(C#CC3(O)CCN(C)C3=O)cc1-2. The van der Waals surface area contributed by atoms with Gasteiger partial charge in [0.1, 0.15) is 18.2 Å². The number of likely N-dealkylation sites (tertiary alicyclic amines) is 1. The second-order valence-electron chi connectivity index (χ2n) is 7.36. The van der Waals surface area contributed by atoms with Crippen molar-refractivity contribution >= 4 is 11.9 Å². The molecule has 2 aromatic rings. The van der Waals surface area contributed by atoms with Crippen molar-refractivity contribution in [3.05, 3.63) is 35.2 Å². The van der Waals surface area contributed by atoms with E-state index >= 15 is 0 Å². The Morgan fingerprint density at radius 2 is 2.23 bits per heavy atom. The van der Waals surface area contributed by atoms with Crippen LogP contribution in [0.2, 0.25) is 0 Å². The largest absolute Gasteiger partial charge is 0.491 e. The number of imidazole rings is 1. The van der Waals surface area contributed by atoms with E-state index in [-0.39, 0.29) is 18.5 Å². The maximum absolute atomic E-state index is 12.2. The number of nitrogens with zero attached hydrogens (tertiary/aromatic N) is 4. The number of hydrogen-bond acceptors (Lipinski definition) is 7. The van der Waals surface area contributed by atoms with Gasteiger partial charge in [-0.05, 0) is 18.2 Å². The van der Waals surface area contributed by atoms with E-state index in [4.69, 9.17) is 9.47 Å². The van der Waals surface area contributed by atoms with Gasteiger partial charge in [0.2, 0.25) is 5.60 Å². The topological polar surface area (TPSA) is 118 Å². The monoisotopic (exact) mass is 420 g/mol. The van der Waals surface area contributed by atoms with E-state index in [1.54, 1.807) is 29.8 Å². The van der Waals surface area contributed by atoms with Crippen molar-refractivity contribution < 1.29 is 24.2 Å². The van der Waals surface area contributed by atoms with Crippen LogP contribution in [0.25, 0.3) is 11.4 Å². The Labute approximate surface area is 178 Å². The molecule has 1 unspecified atom stereocenters. The highest BCUT2D eigenvalue weighted by atomic mass is 16.5. The van der Waals surface area contributed by atoms with Crippen molar-refractivity contribution in [2.24, 2.45) is 0 Å². The number of carbonyl (C=O) groups is 2. The molecule has 0 bridgehead atoms. The van der Waals surface area contributed by atoms with Gasteiger partial charge in [-0.1, -0.05) is 11.8 Å². The van der Waals surface area contributed by atoms with Crippen LogP contribution in [0, 0.1) is 23.2 Å². The van der Waals surface area contributed by atoms with Gasteiger partial charge < -0.3 is 24.0 Å². The first-order valence-corrected chi connectivity index (χ1v) is 9.71. The number of ether oxygens (including phenoxy) is 2. The minimum Gasteiger partial charge on any atom is -0.491 e. The average molecular weight is 420 g/mol. The Kier molecular flexibility index (Phi) is 5.14. The lowest BCUT2D eigenvalue weighted by Crippen LogP contribution is -2.37. The summed E-state index contributed by atoms with van der Waals surface area (Å²) in [6, 6.07) is 7.26. The maximum atomic E-state index is 12.2. The van der Waals surface area contributed by atoms with Crippen LogP contribution in [0.4, 0.5) is 0 Å². The molecule has 2 aliphatic rings. The fourth-order valence-corrected chi connectivity index (χ4v) is 3.75. The van der Waals surface area contributed by atoms with Gasteiger partial charge in [-0.25, -0.2) is 9.78 Å². The van der Waals surface area contributed by atoms with Crippen LogP contribution in [0.3, 0.4) is 0 Å². The molecule has 1 amide bonds. The number of esters is 1. The average Bonchev–Trinajstić information content (AvgIpc) is 3.18. The van der Waals surface area contributed by atoms with Crippen molar-refractivity contribution in [2.45, 2.75) is 25.0 Å².